The summed E-state index contributed by atoms with van der Waals surface area (Å²) in [5.74, 6) is 0.704. The van der Waals surface area contributed by atoms with Crippen LogP contribution in [0.5, 0.6) is 5.75 Å². The molecular weight excluding hydrogens is 222 g/mol. The average Bonchev–Trinajstić information content (AvgIpc) is 2.66. The largest absolute Gasteiger partial charge is 0.495 e. The topological polar surface area (TPSA) is 14.2 Å². The molecule has 1 heterocycles. The predicted molar refractivity (Wildman–Crippen MR) is 66.8 cm³/mol. The van der Waals surface area contributed by atoms with Crippen molar-refractivity contribution in [2.24, 2.45) is 0 Å². The molecule has 1 aromatic carbocycles. The minimum Gasteiger partial charge on any atom is -0.495 e. The standard InChI is InChI=1S/C13H14ClNO/c1-9-6-7-11(16-3)12(14)13(9)15-8-4-5-10(15)2/h4-8H,1-3H3. The minimum absolute atomic E-state index is 0.654. The zero-order chi connectivity index (χ0) is 11.7. The quantitative estimate of drug-likeness (QED) is 0.773. The second-order valence-electron chi connectivity index (χ2n) is 3.77. The SMILES string of the molecule is COc1ccc(C)c(-n2cccc2C)c1Cl. The van der Waals surface area contributed by atoms with Crippen LogP contribution in [0.3, 0.4) is 0 Å². The van der Waals surface area contributed by atoms with E-state index in [4.69, 9.17) is 16.3 Å². The van der Waals surface area contributed by atoms with Gasteiger partial charge in [-0.1, -0.05) is 17.7 Å². The van der Waals surface area contributed by atoms with Gasteiger partial charge < -0.3 is 9.30 Å². The fraction of sp³-hybridized carbons (Fsp3) is 0.231. The number of halogens is 1. The van der Waals surface area contributed by atoms with Gasteiger partial charge in [-0.3, -0.25) is 0 Å². The Kier molecular flexibility index (Phi) is 2.92. The molecule has 0 aliphatic rings. The van der Waals surface area contributed by atoms with Crippen molar-refractivity contribution in [3.8, 4) is 11.4 Å². The molecule has 2 aromatic rings. The van der Waals surface area contributed by atoms with E-state index < -0.39 is 0 Å². The van der Waals surface area contributed by atoms with Gasteiger partial charge in [0, 0.05) is 11.9 Å². The summed E-state index contributed by atoms with van der Waals surface area (Å²) in [4.78, 5) is 0. The molecule has 0 unspecified atom stereocenters. The Morgan fingerprint density at radius 3 is 2.50 bits per heavy atom. The number of nitrogens with zero attached hydrogens (tertiary/aromatic N) is 1. The van der Waals surface area contributed by atoms with E-state index in [9.17, 15) is 0 Å². The van der Waals surface area contributed by atoms with Gasteiger partial charge >= 0.3 is 0 Å². The number of benzene rings is 1. The van der Waals surface area contributed by atoms with Gasteiger partial charge in [-0.25, -0.2) is 0 Å². The molecule has 84 valence electrons. The third kappa shape index (κ3) is 1.69. The molecule has 0 atom stereocenters. The van der Waals surface area contributed by atoms with Gasteiger partial charge in [0.25, 0.3) is 0 Å². The van der Waals surface area contributed by atoms with Crippen molar-refractivity contribution in [1.82, 2.24) is 4.57 Å². The van der Waals surface area contributed by atoms with Gasteiger partial charge in [-0.15, -0.1) is 0 Å². The maximum Gasteiger partial charge on any atom is 0.139 e. The van der Waals surface area contributed by atoms with Crippen LogP contribution >= 0.6 is 11.6 Å². The minimum atomic E-state index is 0.654. The fourth-order valence-electron chi connectivity index (χ4n) is 1.81. The van der Waals surface area contributed by atoms with E-state index >= 15 is 0 Å². The Labute approximate surface area is 100 Å². The summed E-state index contributed by atoms with van der Waals surface area (Å²) >= 11 is 6.33. The zero-order valence-corrected chi connectivity index (χ0v) is 10.4. The van der Waals surface area contributed by atoms with Gasteiger partial charge in [-0.05, 0) is 37.6 Å². The molecule has 0 aliphatic carbocycles. The van der Waals surface area contributed by atoms with Crippen LogP contribution in [0.25, 0.3) is 5.69 Å². The summed E-state index contributed by atoms with van der Waals surface area (Å²) in [5.41, 5.74) is 3.27. The van der Waals surface area contributed by atoms with E-state index in [1.165, 1.54) is 0 Å². The molecule has 1 aromatic heterocycles. The highest BCUT2D eigenvalue weighted by Crippen LogP contribution is 2.33. The molecule has 0 radical (unpaired) electrons. The number of ether oxygens (including phenoxy) is 1. The van der Waals surface area contributed by atoms with E-state index in [0.29, 0.717) is 10.8 Å². The molecular formula is C13H14ClNO. The summed E-state index contributed by atoms with van der Waals surface area (Å²) in [5, 5.41) is 0.654. The lowest BCUT2D eigenvalue weighted by atomic mass is 10.2. The van der Waals surface area contributed by atoms with Crippen LogP contribution in [0.15, 0.2) is 30.5 Å². The maximum atomic E-state index is 6.33. The Bertz CT molecular complexity index is 517. The van der Waals surface area contributed by atoms with Crippen molar-refractivity contribution in [3.05, 3.63) is 46.7 Å². The molecule has 16 heavy (non-hydrogen) atoms. The molecule has 0 N–H and O–H groups in total. The number of methoxy groups -OCH3 is 1. The van der Waals surface area contributed by atoms with Crippen LogP contribution in [-0.2, 0) is 0 Å². The van der Waals surface area contributed by atoms with Crippen LogP contribution in [0.4, 0.5) is 0 Å². The lowest BCUT2D eigenvalue weighted by Gasteiger charge is -2.14. The van der Waals surface area contributed by atoms with Crippen molar-refractivity contribution in [2.75, 3.05) is 7.11 Å². The van der Waals surface area contributed by atoms with Crippen LogP contribution < -0.4 is 4.74 Å². The summed E-state index contributed by atoms with van der Waals surface area (Å²) in [6, 6.07) is 7.96. The first-order chi connectivity index (χ1) is 7.65. The summed E-state index contributed by atoms with van der Waals surface area (Å²) in [6.45, 7) is 4.09. The van der Waals surface area contributed by atoms with E-state index in [1.54, 1.807) is 7.11 Å². The third-order valence-corrected chi connectivity index (χ3v) is 3.06. The van der Waals surface area contributed by atoms with Crippen molar-refractivity contribution in [3.63, 3.8) is 0 Å². The normalized spacial score (nSPS) is 10.5. The second kappa shape index (κ2) is 4.22. The molecule has 0 spiro atoms. The molecule has 0 fully saturated rings. The molecule has 0 aliphatic heterocycles. The smallest absolute Gasteiger partial charge is 0.139 e. The van der Waals surface area contributed by atoms with E-state index in [-0.39, 0.29) is 0 Å². The lowest BCUT2D eigenvalue weighted by molar-refractivity contribution is 0.414. The number of aryl methyl sites for hydroxylation is 2. The Morgan fingerprint density at radius 1 is 1.19 bits per heavy atom. The first kappa shape index (κ1) is 11.1. The first-order valence-electron chi connectivity index (χ1n) is 5.12. The Hall–Kier alpha value is -1.41. The monoisotopic (exact) mass is 235 g/mol. The van der Waals surface area contributed by atoms with Crippen LogP contribution in [0.2, 0.25) is 5.02 Å². The zero-order valence-electron chi connectivity index (χ0n) is 9.62. The number of hydrogen-bond acceptors (Lipinski definition) is 1. The van der Waals surface area contributed by atoms with Crippen molar-refractivity contribution in [2.45, 2.75) is 13.8 Å². The fourth-order valence-corrected chi connectivity index (χ4v) is 2.19. The van der Waals surface area contributed by atoms with Crippen molar-refractivity contribution >= 4 is 11.6 Å². The molecule has 2 nitrogen and oxygen atoms in total. The summed E-state index contributed by atoms with van der Waals surface area (Å²) < 4.78 is 7.30. The molecule has 0 amide bonds. The Morgan fingerprint density at radius 2 is 1.94 bits per heavy atom. The van der Waals surface area contributed by atoms with E-state index in [0.717, 1.165) is 16.9 Å². The van der Waals surface area contributed by atoms with Crippen LogP contribution in [0, 0.1) is 13.8 Å². The Balaban J connectivity index is 2.69. The van der Waals surface area contributed by atoms with Gasteiger partial charge in [0.1, 0.15) is 10.8 Å². The van der Waals surface area contributed by atoms with Crippen LogP contribution in [-0.4, -0.2) is 11.7 Å². The maximum absolute atomic E-state index is 6.33. The average molecular weight is 236 g/mol. The van der Waals surface area contributed by atoms with Gasteiger partial charge in [-0.2, -0.15) is 0 Å². The second-order valence-corrected chi connectivity index (χ2v) is 4.14. The highest BCUT2D eigenvalue weighted by Gasteiger charge is 2.12. The van der Waals surface area contributed by atoms with Gasteiger partial charge in [0.15, 0.2) is 0 Å². The van der Waals surface area contributed by atoms with E-state index in [2.05, 4.69) is 17.6 Å². The predicted octanol–water partition coefficient (Wildman–Crippen LogP) is 3.76. The summed E-state index contributed by atoms with van der Waals surface area (Å²) in [7, 11) is 1.63. The number of hydrogen-bond donors (Lipinski definition) is 0. The van der Waals surface area contributed by atoms with Gasteiger partial charge in [0.2, 0.25) is 0 Å². The molecule has 0 bridgehead atoms. The van der Waals surface area contributed by atoms with Gasteiger partial charge in [0.05, 0.1) is 12.8 Å². The molecule has 0 saturated carbocycles. The first-order valence-corrected chi connectivity index (χ1v) is 5.50. The number of rotatable bonds is 2. The van der Waals surface area contributed by atoms with Crippen molar-refractivity contribution in [1.29, 1.82) is 0 Å². The number of aromatic nitrogens is 1. The third-order valence-electron chi connectivity index (χ3n) is 2.70. The molecule has 2 rings (SSSR count). The molecule has 3 heteroatoms. The highest BCUT2D eigenvalue weighted by atomic mass is 35.5. The van der Waals surface area contributed by atoms with Crippen LogP contribution in [0.1, 0.15) is 11.3 Å². The van der Waals surface area contributed by atoms with Crippen molar-refractivity contribution < 1.29 is 4.74 Å². The van der Waals surface area contributed by atoms with E-state index in [1.807, 2.05) is 31.3 Å². The summed E-state index contributed by atoms with van der Waals surface area (Å²) in [6.07, 6.45) is 2.00. The highest BCUT2D eigenvalue weighted by molar-refractivity contribution is 6.34. The molecule has 0 saturated heterocycles. The lowest BCUT2D eigenvalue weighted by Crippen LogP contribution is -2.00.